The molecule has 2 aromatic rings. The first-order valence-corrected chi connectivity index (χ1v) is 12.0. The number of aromatic nitrogens is 1. The van der Waals surface area contributed by atoms with E-state index in [9.17, 15) is 4.79 Å². The topological polar surface area (TPSA) is 60.1 Å². The minimum Gasteiger partial charge on any atom is -0.366 e. The van der Waals surface area contributed by atoms with Crippen LogP contribution in [0.5, 0.6) is 0 Å². The van der Waals surface area contributed by atoms with Crippen LogP contribution in [0, 0.1) is 12.8 Å². The highest BCUT2D eigenvalue weighted by atomic mass is 16.1. The summed E-state index contributed by atoms with van der Waals surface area (Å²) in [6.07, 6.45) is 14.4. The Kier molecular flexibility index (Phi) is 6.93. The van der Waals surface area contributed by atoms with Crippen molar-refractivity contribution in [2.24, 2.45) is 11.7 Å². The van der Waals surface area contributed by atoms with Crippen LogP contribution in [0.25, 0.3) is 5.69 Å². The fourth-order valence-corrected chi connectivity index (χ4v) is 5.56. The van der Waals surface area contributed by atoms with Crippen LogP contribution >= 0.6 is 0 Å². The van der Waals surface area contributed by atoms with Gasteiger partial charge in [0.1, 0.15) is 0 Å². The Bertz CT molecular complexity index is 859. The molecule has 0 bridgehead atoms. The molecule has 1 fully saturated rings. The first-order valence-electron chi connectivity index (χ1n) is 12.0. The van der Waals surface area contributed by atoms with E-state index in [1.165, 1.54) is 75.7 Å². The molecule has 2 aliphatic rings. The monoisotopic (exact) mass is 407 g/mol. The van der Waals surface area contributed by atoms with Gasteiger partial charge in [-0.2, -0.15) is 0 Å². The molecule has 3 N–H and O–H groups in total. The van der Waals surface area contributed by atoms with Gasteiger partial charge in [0.05, 0.1) is 0 Å². The van der Waals surface area contributed by atoms with Gasteiger partial charge in [-0.15, -0.1) is 0 Å². The summed E-state index contributed by atoms with van der Waals surface area (Å²) >= 11 is 0. The van der Waals surface area contributed by atoms with Crippen molar-refractivity contribution in [3.05, 3.63) is 52.3 Å². The van der Waals surface area contributed by atoms with Crippen molar-refractivity contribution < 1.29 is 4.79 Å². The molecule has 0 unspecified atom stereocenters. The summed E-state index contributed by atoms with van der Waals surface area (Å²) in [5, 5.41) is 3.73. The molecule has 0 saturated heterocycles. The van der Waals surface area contributed by atoms with Gasteiger partial charge >= 0.3 is 0 Å². The van der Waals surface area contributed by atoms with Crippen molar-refractivity contribution >= 4 is 5.91 Å². The van der Waals surface area contributed by atoms with E-state index in [2.05, 4.69) is 16.8 Å². The lowest BCUT2D eigenvalue weighted by Gasteiger charge is -2.21. The molecule has 162 valence electrons. The van der Waals surface area contributed by atoms with E-state index in [-0.39, 0.29) is 5.91 Å². The molecular formula is C26H37N3O. The van der Waals surface area contributed by atoms with E-state index < -0.39 is 0 Å². The highest BCUT2D eigenvalue weighted by Gasteiger charge is 2.23. The summed E-state index contributed by atoms with van der Waals surface area (Å²) in [5.74, 6) is 0.534. The van der Waals surface area contributed by atoms with E-state index in [0.717, 1.165) is 31.0 Å². The summed E-state index contributed by atoms with van der Waals surface area (Å²) in [4.78, 5) is 11.4. The van der Waals surface area contributed by atoms with Crippen molar-refractivity contribution in [1.82, 2.24) is 9.88 Å². The molecule has 2 aliphatic carbocycles. The Morgan fingerprint density at radius 2 is 1.80 bits per heavy atom. The molecule has 30 heavy (non-hydrogen) atoms. The van der Waals surface area contributed by atoms with Gasteiger partial charge in [0.2, 0.25) is 5.91 Å². The number of amides is 1. The Labute approximate surface area is 181 Å². The zero-order chi connectivity index (χ0) is 20.9. The van der Waals surface area contributed by atoms with Crippen LogP contribution in [0.1, 0.15) is 84.2 Å². The number of carbonyl (C=O) groups is 1. The number of nitrogens with two attached hydrogens (primary N) is 1. The first-order chi connectivity index (χ1) is 14.6. The molecule has 1 aromatic carbocycles. The lowest BCUT2D eigenvalue weighted by molar-refractivity contribution is 0.100. The molecule has 0 aliphatic heterocycles. The van der Waals surface area contributed by atoms with Crippen molar-refractivity contribution in [2.75, 3.05) is 13.1 Å². The third-order valence-corrected chi connectivity index (χ3v) is 7.19. The molecule has 1 aromatic heterocycles. The number of hydrogen-bond donors (Lipinski definition) is 2. The summed E-state index contributed by atoms with van der Waals surface area (Å²) in [7, 11) is 0. The quantitative estimate of drug-likeness (QED) is 0.614. The number of nitrogens with one attached hydrogen (secondary N) is 1. The SMILES string of the molecule is Cc1c(CCCNCC2CCCCC2)c2c(n1-c1ccc(C(N)=O)cc1)CCCC2. The van der Waals surface area contributed by atoms with Crippen LogP contribution in [-0.2, 0) is 19.3 Å². The van der Waals surface area contributed by atoms with Gasteiger partial charge in [-0.05, 0) is 113 Å². The standard InChI is InChI=1S/C26H37N3O/c1-19-23(11-7-17-28-18-20-8-3-2-4-9-20)24-10-5-6-12-25(24)29(19)22-15-13-21(14-16-22)26(27)30/h13-16,20,28H,2-12,17-18H2,1H3,(H2,27,30). The molecule has 4 rings (SSSR count). The number of hydrogen-bond acceptors (Lipinski definition) is 2. The molecule has 1 heterocycles. The van der Waals surface area contributed by atoms with Gasteiger partial charge in [-0.25, -0.2) is 0 Å². The maximum Gasteiger partial charge on any atom is 0.248 e. The van der Waals surface area contributed by atoms with Gasteiger partial charge < -0.3 is 15.6 Å². The Morgan fingerprint density at radius 3 is 2.53 bits per heavy atom. The van der Waals surface area contributed by atoms with Crippen molar-refractivity contribution in [2.45, 2.75) is 77.6 Å². The fourth-order valence-electron chi connectivity index (χ4n) is 5.56. The second-order valence-corrected chi connectivity index (χ2v) is 9.25. The van der Waals surface area contributed by atoms with Crippen LogP contribution < -0.4 is 11.1 Å². The number of carbonyl (C=O) groups excluding carboxylic acids is 1. The van der Waals surface area contributed by atoms with Crippen LogP contribution in [0.3, 0.4) is 0 Å². The van der Waals surface area contributed by atoms with Gasteiger partial charge in [0.25, 0.3) is 0 Å². The number of primary amides is 1. The van der Waals surface area contributed by atoms with E-state index in [1.54, 1.807) is 11.1 Å². The number of fused-ring (bicyclic) bond motifs is 1. The molecule has 1 saturated carbocycles. The van der Waals surface area contributed by atoms with E-state index >= 15 is 0 Å². The molecule has 4 heteroatoms. The largest absolute Gasteiger partial charge is 0.366 e. The minimum atomic E-state index is -0.366. The van der Waals surface area contributed by atoms with E-state index in [1.807, 2.05) is 24.3 Å². The third-order valence-electron chi connectivity index (χ3n) is 7.19. The normalized spacial score (nSPS) is 17.1. The first kappa shape index (κ1) is 21.2. The number of rotatable bonds is 8. The molecule has 1 amide bonds. The van der Waals surface area contributed by atoms with Crippen LogP contribution in [0.2, 0.25) is 0 Å². The summed E-state index contributed by atoms with van der Waals surface area (Å²) in [5.41, 5.74) is 13.1. The maximum absolute atomic E-state index is 11.4. The van der Waals surface area contributed by atoms with Crippen molar-refractivity contribution in [3.63, 3.8) is 0 Å². The average Bonchev–Trinajstić information content (AvgIpc) is 3.05. The van der Waals surface area contributed by atoms with Crippen LogP contribution in [0.15, 0.2) is 24.3 Å². The third kappa shape index (κ3) is 4.64. The predicted octanol–water partition coefficient (Wildman–Crippen LogP) is 4.87. The minimum absolute atomic E-state index is 0.366. The molecule has 4 nitrogen and oxygen atoms in total. The smallest absolute Gasteiger partial charge is 0.248 e. The number of nitrogens with zero attached hydrogens (tertiary/aromatic N) is 1. The fraction of sp³-hybridized carbons (Fsp3) is 0.577. The van der Waals surface area contributed by atoms with Crippen LogP contribution in [-0.4, -0.2) is 23.6 Å². The Morgan fingerprint density at radius 1 is 1.07 bits per heavy atom. The average molecular weight is 408 g/mol. The lowest BCUT2D eigenvalue weighted by Crippen LogP contribution is -2.25. The molecule has 0 radical (unpaired) electrons. The van der Waals surface area contributed by atoms with E-state index in [4.69, 9.17) is 5.73 Å². The zero-order valence-electron chi connectivity index (χ0n) is 18.5. The molecule has 0 spiro atoms. The van der Waals surface area contributed by atoms with Crippen molar-refractivity contribution in [3.8, 4) is 5.69 Å². The second kappa shape index (κ2) is 9.82. The Balaban J connectivity index is 1.44. The predicted molar refractivity (Wildman–Crippen MR) is 123 cm³/mol. The van der Waals surface area contributed by atoms with Gasteiger partial charge in [0.15, 0.2) is 0 Å². The van der Waals surface area contributed by atoms with E-state index in [0.29, 0.717) is 5.56 Å². The van der Waals surface area contributed by atoms with Crippen molar-refractivity contribution in [1.29, 1.82) is 0 Å². The lowest BCUT2D eigenvalue weighted by atomic mass is 9.89. The molecule has 0 atom stereocenters. The summed E-state index contributed by atoms with van der Waals surface area (Å²) < 4.78 is 2.43. The maximum atomic E-state index is 11.4. The Hall–Kier alpha value is -2.07. The van der Waals surface area contributed by atoms with Gasteiger partial charge in [-0.1, -0.05) is 19.3 Å². The molecular weight excluding hydrogens is 370 g/mol. The summed E-state index contributed by atoms with van der Waals surface area (Å²) in [6.45, 7) is 4.58. The van der Waals surface area contributed by atoms with Gasteiger partial charge in [-0.3, -0.25) is 4.79 Å². The second-order valence-electron chi connectivity index (χ2n) is 9.25. The highest BCUT2D eigenvalue weighted by molar-refractivity contribution is 5.92. The van der Waals surface area contributed by atoms with Crippen LogP contribution in [0.4, 0.5) is 0 Å². The van der Waals surface area contributed by atoms with Gasteiger partial charge in [0, 0.05) is 22.6 Å². The number of benzene rings is 1. The highest BCUT2D eigenvalue weighted by Crippen LogP contribution is 2.33. The zero-order valence-corrected chi connectivity index (χ0v) is 18.5. The summed E-state index contributed by atoms with van der Waals surface area (Å²) in [6, 6.07) is 7.78.